The number of halogens is 4. The number of aryl methyl sites for hydroxylation is 1. The van der Waals surface area contributed by atoms with E-state index < -0.39 is 29.8 Å². The first-order chi connectivity index (χ1) is 27.9. The summed E-state index contributed by atoms with van der Waals surface area (Å²) in [6.45, 7) is 4.73. The van der Waals surface area contributed by atoms with Crippen molar-refractivity contribution in [3.05, 3.63) is 122 Å². The van der Waals surface area contributed by atoms with Crippen LogP contribution in [-0.2, 0) is 30.5 Å². The van der Waals surface area contributed by atoms with Crippen LogP contribution in [0.15, 0.2) is 77.9 Å². The number of hydrogen-bond acceptors (Lipinski definition) is 10. The molecular weight excluding hydrogens is 779 g/mol. The molecule has 1 N–H and O–H groups in total. The summed E-state index contributed by atoms with van der Waals surface area (Å²) < 4.78 is 54.2. The van der Waals surface area contributed by atoms with Crippen molar-refractivity contribution in [2.24, 2.45) is 0 Å². The van der Waals surface area contributed by atoms with Gasteiger partial charge in [-0.1, -0.05) is 41.9 Å². The lowest BCUT2D eigenvalue weighted by atomic mass is 10.1. The molecule has 0 bridgehead atoms. The maximum Gasteiger partial charge on any atom is 0.416 e. The third kappa shape index (κ3) is 7.52. The molecule has 2 aliphatic rings. The zero-order valence-corrected chi connectivity index (χ0v) is 32.0. The molecule has 0 unspecified atom stereocenters. The number of carbonyl (C=O) groups is 2. The van der Waals surface area contributed by atoms with Crippen LogP contribution in [0.5, 0.6) is 11.5 Å². The van der Waals surface area contributed by atoms with Crippen molar-refractivity contribution in [2.75, 3.05) is 43.0 Å². The van der Waals surface area contributed by atoms with E-state index >= 15 is 0 Å². The van der Waals surface area contributed by atoms with Crippen LogP contribution in [0.3, 0.4) is 0 Å². The number of anilines is 2. The molecule has 0 atom stereocenters. The summed E-state index contributed by atoms with van der Waals surface area (Å²) in [6.07, 6.45) is -2.60. The topological polar surface area (TPSA) is 149 Å². The Hall–Kier alpha value is -6.49. The van der Waals surface area contributed by atoms with Gasteiger partial charge in [-0.05, 0) is 61.4 Å². The third-order valence-corrected chi connectivity index (χ3v) is 10.4. The summed E-state index contributed by atoms with van der Waals surface area (Å²) in [5.41, 5.74) is 2.32. The number of aromatic nitrogens is 6. The summed E-state index contributed by atoms with van der Waals surface area (Å²) in [5, 5.41) is 6.88. The minimum Gasteiger partial charge on any atom is -0.493 e. The number of ether oxygens (including phenoxy) is 2. The van der Waals surface area contributed by atoms with E-state index in [1.165, 1.54) is 10.9 Å². The fourth-order valence-electron chi connectivity index (χ4n) is 7.07. The molecule has 0 aliphatic carbocycles. The van der Waals surface area contributed by atoms with Gasteiger partial charge in [0.05, 0.1) is 28.6 Å². The summed E-state index contributed by atoms with van der Waals surface area (Å²) in [6, 6.07) is 17.7. The van der Waals surface area contributed by atoms with Crippen molar-refractivity contribution in [3.8, 4) is 22.9 Å². The SMILES string of the molecule is Cc1ncnc(C(=O)N2CCN(c3c(C)n(CC(=O)Nc4ccc(C(F)(F)F)cc4Cl)c4nc(-c5ccc6c(c5)CCO6)nn4c3=O)CC2)c1OCc1ccccc1. The van der Waals surface area contributed by atoms with Crippen molar-refractivity contribution in [1.82, 2.24) is 34.0 Å². The number of piperazine rings is 1. The Morgan fingerprint density at radius 1 is 0.983 bits per heavy atom. The fourth-order valence-corrected chi connectivity index (χ4v) is 7.30. The zero-order chi connectivity index (χ0) is 40.7. The van der Waals surface area contributed by atoms with Crippen LogP contribution < -0.4 is 25.2 Å². The molecule has 0 radical (unpaired) electrons. The van der Waals surface area contributed by atoms with Gasteiger partial charge in [0.25, 0.3) is 11.5 Å². The normalized spacial score (nSPS) is 14.0. The van der Waals surface area contributed by atoms with Crippen LogP contribution in [0, 0.1) is 13.8 Å². The smallest absolute Gasteiger partial charge is 0.416 e. The van der Waals surface area contributed by atoms with Crippen molar-refractivity contribution in [2.45, 2.75) is 39.6 Å². The molecule has 2 amide bonds. The second-order valence-corrected chi connectivity index (χ2v) is 14.2. The zero-order valence-electron chi connectivity index (χ0n) is 31.2. The van der Waals surface area contributed by atoms with Crippen molar-refractivity contribution >= 4 is 40.6 Å². The molecule has 3 aromatic carbocycles. The molecular formula is C40H35ClF3N9O5. The van der Waals surface area contributed by atoms with Crippen LogP contribution in [-0.4, -0.2) is 78.6 Å². The average Bonchev–Trinajstić information content (AvgIpc) is 3.88. The predicted octanol–water partition coefficient (Wildman–Crippen LogP) is 5.75. The maximum absolute atomic E-state index is 14.3. The van der Waals surface area contributed by atoms with E-state index in [4.69, 9.17) is 26.1 Å². The van der Waals surface area contributed by atoms with Crippen molar-refractivity contribution < 1.29 is 32.2 Å². The highest BCUT2D eigenvalue weighted by Crippen LogP contribution is 2.34. The first kappa shape index (κ1) is 38.4. The molecule has 1 saturated heterocycles. The Bertz CT molecular complexity index is 2630. The highest BCUT2D eigenvalue weighted by atomic mass is 35.5. The van der Waals surface area contributed by atoms with E-state index in [9.17, 15) is 27.6 Å². The Kier molecular flexibility index (Phi) is 10.2. The van der Waals surface area contributed by atoms with Crippen LogP contribution in [0.1, 0.15) is 38.6 Å². The molecule has 3 aromatic heterocycles. The quantitative estimate of drug-likeness (QED) is 0.191. The maximum atomic E-state index is 14.3. The minimum atomic E-state index is -4.62. The molecule has 298 valence electrons. The van der Waals surface area contributed by atoms with E-state index in [0.29, 0.717) is 30.0 Å². The molecule has 5 heterocycles. The Balaban J connectivity index is 1.08. The number of amides is 2. The summed E-state index contributed by atoms with van der Waals surface area (Å²) >= 11 is 6.15. The van der Waals surface area contributed by atoms with E-state index in [1.807, 2.05) is 47.4 Å². The number of hydrogen-bond donors (Lipinski definition) is 1. The van der Waals surface area contributed by atoms with Crippen LogP contribution in [0.25, 0.3) is 17.2 Å². The van der Waals surface area contributed by atoms with E-state index in [-0.39, 0.29) is 78.1 Å². The highest BCUT2D eigenvalue weighted by Gasteiger charge is 2.32. The molecule has 18 heteroatoms. The number of carbonyl (C=O) groups excluding carboxylic acids is 2. The number of nitrogens with zero attached hydrogens (tertiary/aromatic N) is 8. The van der Waals surface area contributed by atoms with Gasteiger partial charge in [0.1, 0.15) is 30.9 Å². The lowest BCUT2D eigenvalue weighted by Gasteiger charge is -2.36. The highest BCUT2D eigenvalue weighted by molar-refractivity contribution is 6.33. The molecule has 8 rings (SSSR count). The van der Waals surface area contributed by atoms with Gasteiger partial charge >= 0.3 is 6.18 Å². The largest absolute Gasteiger partial charge is 0.493 e. The molecule has 58 heavy (non-hydrogen) atoms. The molecule has 0 spiro atoms. The van der Waals surface area contributed by atoms with Gasteiger partial charge < -0.3 is 29.2 Å². The first-order valence-corrected chi connectivity index (χ1v) is 18.7. The second kappa shape index (κ2) is 15.5. The van der Waals surface area contributed by atoms with Crippen LogP contribution in [0.4, 0.5) is 24.5 Å². The minimum absolute atomic E-state index is 0.0228. The Labute approximate surface area is 333 Å². The molecule has 0 saturated carbocycles. The lowest BCUT2D eigenvalue weighted by Crippen LogP contribution is -2.51. The standard InChI is InChI=1S/C40H35ClF3N9O5/c1-23-35(58-21-25-6-4-3-5-7-25)33(46-22-45-23)37(55)51-15-13-50(14-16-51)34-24(2)52(20-32(54)47-30-10-9-28(19-29(30)41)40(42,43)44)39-48-36(49-53(39)38(34)56)27-8-11-31-26(18-27)12-17-57-31/h3-11,18-19,22H,12-17,20-21H2,1-2H3,(H,47,54). The van der Waals surface area contributed by atoms with Crippen LogP contribution >= 0.6 is 11.6 Å². The monoisotopic (exact) mass is 813 g/mol. The molecule has 6 aromatic rings. The van der Waals surface area contributed by atoms with Gasteiger partial charge in [0.2, 0.25) is 11.7 Å². The van der Waals surface area contributed by atoms with Crippen molar-refractivity contribution in [1.29, 1.82) is 0 Å². The number of rotatable bonds is 9. The number of nitrogens with one attached hydrogen (secondary N) is 1. The number of benzene rings is 3. The van der Waals surface area contributed by atoms with Gasteiger partial charge in [-0.2, -0.15) is 22.7 Å². The summed E-state index contributed by atoms with van der Waals surface area (Å²) in [5.74, 6) is 0.370. The fraction of sp³-hybridized carbons (Fsp3) is 0.275. The van der Waals surface area contributed by atoms with Gasteiger partial charge in [0.15, 0.2) is 17.3 Å². The van der Waals surface area contributed by atoms with Gasteiger partial charge in [-0.25, -0.2) is 9.97 Å². The Morgan fingerprint density at radius 3 is 2.50 bits per heavy atom. The van der Waals surface area contributed by atoms with E-state index in [1.54, 1.807) is 24.8 Å². The van der Waals surface area contributed by atoms with Gasteiger partial charge in [-0.3, -0.25) is 14.4 Å². The second-order valence-electron chi connectivity index (χ2n) is 13.8. The molecule has 14 nitrogen and oxygen atoms in total. The summed E-state index contributed by atoms with van der Waals surface area (Å²) in [4.78, 5) is 58.5. The summed E-state index contributed by atoms with van der Waals surface area (Å²) in [7, 11) is 0. The van der Waals surface area contributed by atoms with Gasteiger partial charge in [0, 0.05) is 43.9 Å². The van der Waals surface area contributed by atoms with E-state index in [0.717, 1.165) is 39.6 Å². The first-order valence-electron chi connectivity index (χ1n) is 18.3. The molecule has 2 aliphatic heterocycles. The molecule has 1 fully saturated rings. The van der Waals surface area contributed by atoms with E-state index in [2.05, 4.69) is 20.4 Å². The number of alkyl halides is 3. The van der Waals surface area contributed by atoms with Gasteiger partial charge in [-0.15, -0.1) is 5.10 Å². The average molecular weight is 814 g/mol. The third-order valence-electron chi connectivity index (χ3n) is 10.1. The lowest BCUT2D eigenvalue weighted by molar-refractivity contribution is -0.137. The number of fused-ring (bicyclic) bond motifs is 2. The van der Waals surface area contributed by atoms with Crippen molar-refractivity contribution in [3.63, 3.8) is 0 Å². The van der Waals surface area contributed by atoms with Crippen LogP contribution in [0.2, 0.25) is 5.02 Å². The predicted molar refractivity (Wildman–Crippen MR) is 207 cm³/mol. The Morgan fingerprint density at radius 2 is 1.76 bits per heavy atom.